The molecule has 0 aliphatic carbocycles. The monoisotopic (exact) mass is 487 g/mol. The normalized spacial score (nSPS) is 10.8. The lowest BCUT2D eigenvalue weighted by atomic mass is 9.89. The van der Waals surface area contributed by atoms with E-state index >= 15 is 0 Å². The largest absolute Gasteiger partial charge is 0.399 e. The highest BCUT2D eigenvalue weighted by molar-refractivity contribution is 5.86. The third-order valence-electron chi connectivity index (χ3n) is 7.10. The van der Waals surface area contributed by atoms with Crippen molar-refractivity contribution in [3.63, 3.8) is 0 Å². The molecule has 6 aromatic rings. The zero-order valence-electron chi connectivity index (χ0n) is 21.2. The van der Waals surface area contributed by atoms with E-state index in [4.69, 9.17) is 5.73 Å². The maximum Gasteiger partial charge on any atom is 0.0320 e. The molecule has 0 saturated heterocycles. The van der Waals surface area contributed by atoms with Crippen molar-refractivity contribution in [3.05, 3.63) is 163 Å². The molecule has 0 bridgehead atoms. The van der Waals surface area contributed by atoms with Crippen LogP contribution in [-0.2, 0) is 6.42 Å². The van der Waals surface area contributed by atoms with Gasteiger partial charge in [0.1, 0.15) is 0 Å². The molecule has 0 aromatic heterocycles. The fourth-order valence-corrected chi connectivity index (χ4v) is 5.24. The van der Waals surface area contributed by atoms with Gasteiger partial charge in [-0.1, -0.05) is 140 Å². The van der Waals surface area contributed by atoms with E-state index in [0.29, 0.717) is 0 Å². The standard InChI is InChI=1S/C37H29N/c38-32-15-10-14-31(26-32)35-18-7-6-16-33(35)29-23-21-27(22-24-29)25-30-13-4-5-19-36(30)37-20-9-8-17-34(37)28-11-2-1-3-12-28/h1-24,26H,25,38H2. The van der Waals surface area contributed by atoms with Crippen LogP contribution in [0.1, 0.15) is 11.1 Å². The molecule has 182 valence electrons. The van der Waals surface area contributed by atoms with Crippen molar-refractivity contribution in [3.8, 4) is 44.5 Å². The Balaban J connectivity index is 1.32. The summed E-state index contributed by atoms with van der Waals surface area (Å²) in [7, 11) is 0. The highest BCUT2D eigenvalue weighted by Crippen LogP contribution is 2.36. The van der Waals surface area contributed by atoms with Crippen LogP contribution in [0.3, 0.4) is 0 Å². The molecule has 6 aromatic carbocycles. The second kappa shape index (κ2) is 10.6. The van der Waals surface area contributed by atoms with Gasteiger partial charge < -0.3 is 5.73 Å². The Morgan fingerprint density at radius 1 is 0.368 bits per heavy atom. The van der Waals surface area contributed by atoms with Crippen LogP contribution in [0, 0.1) is 0 Å². The molecule has 38 heavy (non-hydrogen) atoms. The van der Waals surface area contributed by atoms with E-state index in [9.17, 15) is 0 Å². The molecule has 2 N–H and O–H groups in total. The Bertz CT molecular complexity index is 1680. The topological polar surface area (TPSA) is 26.0 Å². The summed E-state index contributed by atoms with van der Waals surface area (Å²) in [4.78, 5) is 0. The Hall–Kier alpha value is -4.88. The van der Waals surface area contributed by atoms with E-state index in [1.54, 1.807) is 0 Å². The average molecular weight is 488 g/mol. The Morgan fingerprint density at radius 3 is 1.55 bits per heavy atom. The van der Waals surface area contributed by atoms with Crippen molar-refractivity contribution in [1.29, 1.82) is 0 Å². The minimum Gasteiger partial charge on any atom is -0.399 e. The molecule has 0 saturated carbocycles. The van der Waals surface area contributed by atoms with Gasteiger partial charge in [0.25, 0.3) is 0 Å². The van der Waals surface area contributed by atoms with Crippen molar-refractivity contribution in [2.24, 2.45) is 0 Å². The van der Waals surface area contributed by atoms with Gasteiger partial charge in [0.15, 0.2) is 0 Å². The van der Waals surface area contributed by atoms with Crippen LogP contribution in [0.25, 0.3) is 44.5 Å². The van der Waals surface area contributed by atoms with Crippen molar-refractivity contribution in [2.75, 3.05) is 5.73 Å². The summed E-state index contributed by atoms with van der Waals surface area (Å²) in [6.07, 6.45) is 0.871. The number of benzene rings is 6. The van der Waals surface area contributed by atoms with Crippen molar-refractivity contribution >= 4 is 5.69 Å². The maximum atomic E-state index is 6.07. The van der Waals surface area contributed by atoms with Crippen LogP contribution in [0.5, 0.6) is 0 Å². The number of nitrogen functional groups attached to an aromatic ring is 1. The van der Waals surface area contributed by atoms with Crippen LogP contribution in [0.4, 0.5) is 5.69 Å². The smallest absolute Gasteiger partial charge is 0.0320 e. The van der Waals surface area contributed by atoms with Crippen molar-refractivity contribution in [2.45, 2.75) is 6.42 Å². The maximum absolute atomic E-state index is 6.07. The molecule has 0 radical (unpaired) electrons. The lowest BCUT2D eigenvalue weighted by Crippen LogP contribution is -1.94. The zero-order valence-corrected chi connectivity index (χ0v) is 21.2. The van der Waals surface area contributed by atoms with E-state index in [1.165, 1.54) is 50.1 Å². The number of anilines is 1. The molecule has 0 fully saturated rings. The van der Waals surface area contributed by atoms with E-state index < -0.39 is 0 Å². The average Bonchev–Trinajstić information content (AvgIpc) is 2.98. The second-order valence-corrected chi connectivity index (χ2v) is 9.61. The fourth-order valence-electron chi connectivity index (χ4n) is 5.24. The fraction of sp³-hybridized carbons (Fsp3) is 0.0270. The minimum absolute atomic E-state index is 0.778. The molecule has 6 rings (SSSR count). The first-order valence-corrected chi connectivity index (χ1v) is 13.0. The van der Waals surface area contributed by atoms with Gasteiger partial charge in [-0.2, -0.15) is 0 Å². The SMILES string of the molecule is Nc1cccc(-c2ccccc2-c2ccc(Cc3ccccc3-c3ccccc3-c3ccccc3)cc2)c1. The van der Waals surface area contributed by atoms with E-state index in [2.05, 4.69) is 133 Å². The number of rotatable bonds is 6. The van der Waals surface area contributed by atoms with Crippen LogP contribution >= 0.6 is 0 Å². The summed E-state index contributed by atoms with van der Waals surface area (Å²) >= 11 is 0. The molecule has 0 spiro atoms. The third kappa shape index (κ3) is 4.87. The summed E-state index contributed by atoms with van der Waals surface area (Å²) in [6.45, 7) is 0. The predicted octanol–water partition coefficient (Wildman–Crippen LogP) is 9.53. The van der Waals surface area contributed by atoms with Gasteiger partial charge in [0.05, 0.1) is 0 Å². The summed E-state index contributed by atoms with van der Waals surface area (Å²) in [5, 5.41) is 0. The van der Waals surface area contributed by atoms with Gasteiger partial charge in [-0.3, -0.25) is 0 Å². The molecule has 0 aliphatic rings. The molecule has 0 atom stereocenters. The molecular weight excluding hydrogens is 458 g/mol. The molecular formula is C37H29N. The predicted molar refractivity (Wildman–Crippen MR) is 162 cm³/mol. The van der Waals surface area contributed by atoms with Crippen LogP contribution in [0.15, 0.2) is 152 Å². The van der Waals surface area contributed by atoms with Gasteiger partial charge in [-0.05, 0) is 74.2 Å². The van der Waals surface area contributed by atoms with Crippen molar-refractivity contribution in [1.82, 2.24) is 0 Å². The number of nitrogens with two attached hydrogens (primary N) is 1. The quantitative estimate of drug-likeness (QED) is 0.233. The van der Waals surface area contributed by atoms with Crippen LogP contribution in [0.2, 0.25) is 0 Å². The molecule has 1 nitrogen and oxygen atoms in total. The lowest BCUT2D eigenvalue weighted by Gasteiger charge is -2.15. The summed E-state index contributed by atoms with van der Waals surface area (Å²) < 4.78 is 0. The van der Waals surface area contributed by atoms with Crippen LogP contribution in [-0.4, -0.2) is 0 Å². The summed E-state index contributed by atoms with van der Waals surface area (Å²) in [6, 6.07) is 53.7. The summed E-state index contributed by atoms with van der Waals surface area (Å²) in [5.74, 6) is 0. The van der Waals surface area contributed by atoms with E-state index in [0.717, 1.165) is 17.7 Å². The third-order valence-corrected chi connectivity index (χ3v) is 7.10. The molecule has 0 aliphatic heterocycles. The second-order valence-electron chi connectivity index (χ2n) is 9.61. The van der Waals surface area contributed by atoms with E-state index in [-0.39, 0.29) is 0 Å². The van der Waals surface area contributed by atoms with Gasteiger partial charge >= 0.3 is 0 Å². The van der Waals surface area contributed by atoms with Gasteiger partial charge in [-0.15, -0.1) is 0 Å². The van der Waals surface area contributed by atoms with Gasteiger partial charge in [-0.25, -0.2) is 0 Å². The number of hydrogen-bond acceptors (Lipinski definition) is 1. The zero-order chi connectivity index (χ0) is 25.7. The number of hydrogen-bond donors (Lipinski definition) is 1. The lowest BCUT2D eigenvalue weighted by molar-refractivity contribution is 1.20. The van der Waals surface area contributed by atoms with E-state index in [1.807, 2.05) is 18.2 Å². The van der Waals surface area contributed by atoms with Gasteiger partial charge in [0, 0.05) is 5.69 Å². The van der Waals surface area contributed by atoms with Crippen LogP contribution < -0.4 is 5.73 Å². The van der Waals surface area contributed by atoms with Gasteiger partial charge in [0.2, 0.25) is 0 Å². The highest BCUT2D eigenvalue weighted by Gasteiger charge is 2.12. The molecule has 0 unspecified atom stereocenters. The first-order chi connectivity index (χ1) is 18.8. The Kier molecular flexibility index (Phi) is 6.57. The van der Waals surface area contributed by atoms with Crippen molar-refractivity contribution < 1.29 is 0 Å². The first-order valence-electron chi connectivity index (χ1n) is 13.0. The highest BCUT2D eigenvalue weighted by atomic mass is 14.5. The molecule has 1 heteroatoms. The Labute approximate surface area is 224 Å². The molecule has 0 heterocycles. The minimum atomic E-state index is 0.778. The molecule has 0 amide bonds. The first kappa shape index (κ1) is 23.5. The Morgan fingerprint density at radius 2 is 0.868 bits per heavy atom. The summed E-state index contributed by atoms with van der Waals surface area (Å²) in [5.41, 5.74) is 19.2.